The van der Waals surface area contributed by atoms with Crippen molar-refractivity contribution in [2.24, 2.45) is 4.99 Å². The van der Waals surface area contributed by atoms with Gasteiger partial charge in [-0.05, 0) is 36.2 Å². The molecule has 0 bridgehead atoms. The Balaban J connectivity index is 0.00000272. The molecule has 2 fully saturated rings. The molecule has 168 valence electrons. The van der Waals surface area contributed by atoms with Crippen molar-refractivity contribution in [3.05, 3.63) is 54.1 Å². The Bertz CT molecular complexity index is 864. The zero-order chi connectivity index (χ0) is 20.8. The summed E-state index contributed by atoms with van der Waals surface area (Å²) in [5.41, 5.74) is 0.830. The van der Waals surface area contributed by atoms with Crippen LogP contribution in [0.3, 0.4) is 0 Å². The molecule has 1 N–H and O–H groups in total. The molecule has 1 aromatic heterocycles. The summed E-state index contributed by atoms with van der Waals surface area (Å²) in [6, 6.07) is 9.02. The minimum Gasteiger partial charge on any atom is -0.453 e. The summed E-state index contributed by atoms with van der Waals surface area (Å²) in [6.45, 7) is 6.04. The number of nitrogens with zero attached hydrogens (tertiary/aromatic N) is 4. The molecule has 1 atom stereocenters. The van der Waals surface area contributed by atoms with Crippen molar-refractivity contribution in [2.75, 3.05) is 46.4 Å². The molecule has 2 aromatic rings. The average molecular weight is 541 g/mol. The van der Waals surface area contributed by atoms with Crippen molar-refractivity contribution in [1.82, 2.24) is 20.1 Å². The standard InChI is InChI=1S/C22H28FN5O2.HI/c1-24-22(28-8-6-18(16-28)27-9-11-29-12-10-27)26-14-17-4-5-21(20(23)13-17)30-19-3-2-7-25-15-19;/h2-5,7,13,15,18H,6,8-12,14,16H2,1H3,(H,24,26);1H. The smallest absolute Gasteiger partial charge is 0.193 e. The van der Waals surface area contributed by atoms with E-state index in [2.05, 4.69) is 25.1 Å². The number of nitrogens with one attached hydrogen (secondary N) is 1. The predicted molar refractivity (Wildman–Crippen MR) is 129 cm³/mol. The maximum absolute atomic E-state index is 14.5. The molecule has 9 heteroatoms. The Morgan fingerprint density at radius 1 is 1.29 bits per heavy atom. The van der Waals surface area contributed by atoms with Crippen molar-refractivity contribution < 1.29 is 13.9 Å². The highest BCUT2D eigenvalue weighted by Gasteiger charge is 2.30. The van der Waals surface area contributed by atoms with Crippen molar-refractivity contribution in [1.29, 1.82) is 0 Å². The number of ether oxygens (including phenoxy) is 2. The SMILES string of the molecule is CN=C(NCc1ccc(Oc2cccnc2)c(F)c1)N1CCC(N2CCOCC2)C1.I. The van der Waals surface area contributed by atoms with Crippen LogP contribution in [0.15, 0.2) is 47.7 Å². The first-order valence-electron chi connectivity index (χ1n) is 10.4. The van der Waals surface area contributed by atoms with Crippen LogP contribution in [0.2, 0.25) is 0 Å². The molecular formula is C22H29FIN5O2. The third kappa shape index (κ3) is 6.27. The van der Waals surface area contributed by atoms with Gasteiger partial charge in [0.2, 0.25) is 0 Å². The fourth-order valence-corrected chi connectivity index (χ4v) is 3.96. The third-order valence-electron chi connectivity index (χ3n) is 5.55. The Labute approximate surface area is 199 Å². The van der Waals surface area contributed by atoms with Gasteiger partial charge < -0.3 is 19.7 Å². The number of morpholine rings is 1. The quantitative estimate of drug-likeness (QED) is 0.357. The van der Waals surface area contributed by atoms with E-state index in [-0.39, 0.29) is 29.7 Å². The minimum absolute atomic E-state index is 0. The molecular weight excluding hydrogens is 512 g/mol. The second-order valence-electron chi connectivity index (χ2n) is 7.49. The van der Waals surface area contributed by atoms with Gasteiger partial charge in [-0.25, -0.2) is 4.39 Å². The summed E-state index contributed by atoms with van der Waals surface area (Å²) in [5, 5.41) is 3.36. The zero-order valence-corrected chi connectivity index (χ0v) is 20.0. The molecule has 7 nitrogen and oxygen atoms in total. The summed E-state index contributed by atoms with van der Waals surface area (Å²) in [7, 11) is 1.79. The van der Waals surface area contributed by atoms with Gasteiger partial charge in [-0.15, -0.1) is 24.0 Å². The van der Waals surface area contributed by atoms with Crippen LogP contribution in [0.4, 0.5) is 4.39 Å². The van der Waals surface area contributed by atoms with E-state index in [1.807, 2.05) is 6.07 Å². The number of guanidine groups is 1. The van der Waals surface area contributed by atoms with Gasteiger partial charge in [-0.3, -0.25) is 14.9 Å². The Morgan fingerprint density at radius 3 is 2.84 bits per heavy atom. The zero-order valence-electron chi connectivity index (χ0n) is 17.7. The largest absolute Gasteiger partial charge is 0.453 e. The fraction of sp³-hybridized carbons (Fsp3) is 0.455. The monoisotopic (exact) mass is 541 g/mol. The highest BCUT2D eigenvalue weighted by molar-refractivity contribution is 14.0. The average Bonchev–Trinajstić information content (AvgIpc) is 3.27. The van der Waals surface area contributed by atoms with Crippen LogP contribution in [0.5, 0.6) is 11.5 Å². The lowest BCUT2D eigenvalue weighted by atomic mass is 10.2. The van der Waals surface area contributed by atoms with Crippen LogP contribution >= 0.6 is 24.0 Å². The lowest BCUT2D eigenvalue weighted by Gasteiger charge is -2.32. The number of hydrogen-bond acceptors (Lipinski definition) is 5. The maximum Gasteiger partial charge on any atom is 0.193 e. The second-order valence-corrected chi connectivity index (χ2v) is 7.49. The normalized spacial score (nSPS) is 19.7. The van der Waals surface area contributed by atoms with Gasteiger partial charge in [-0.2, -0.15) is 0 Å². The van der Waals surface area contributed by atoms with Crippen LogP contribution in [0.1, 0.15) is 12.0 Å². The van der Waals surface area contributed by atoms with E-state index in [0.717, 1.165) is 57.3 Å². The molecule has 2 aliphatic rings. The number of rotatable bonds is 5. The molecule has 0 saturated carbocycles. The van der Waals surface area contributed by atoms with E-state index in [9.17, 15) is 4.39 Å². The highest BCUT2D eigenvalue weighted by atomic mass is 127. The Morgan fingerprint density at radius 2 is 2.13 bits per heavy atom. The number of aliphatic imine (C=N–C) groups is 1. The van der Waals surface area contributed by atoms with Crippen LogP contribution in [-0.4, -0.2) is 73.2 Å². The minimum atomic E-state index is -0.401. The number of hydrogen-bond donors (Lipinski definition) is 1. The molecule has 0 spiro atoms. The topological polar surface area (TPSA) is 62.2 Å². The Hall–Kier alpha value is -1.98. The molecule has 0 aliphatic carbocycles. The molecule has 1 aromatic carbocycles. The maximum atomic E-state index is 14.5. The number of benzene rings is 1. The molecule has 2 aliphatic heterocycles. The van der Waals surface area contributed by atoms with Gasteiger partial charge >= 0.3 is 0 Å². The van der Waals surface area contributed by atoms with Gasteiger partial charge in [0.05, 0.1) is 19.4 Å². The summed E-state index contributed by atoms with van der Waals surface area (Å²) >= 11 is 0. The van der Waals surface area contributed by atoms with E-state index in [1.54, 1.807) is 37.6 Å². The van der Waals surface area contributed by atoms with E-state index < -0.39 is 5.82 Å². The van der Waals surface area contributed by atoms with Crippen LogP contribution in [0.25, 0.3) is 0 Å². The lowest BCUT2D eigenvalue weighted by Crippen LogP contribution is -2.46. The fourth-order valence-electron chi connectivity index (χ4n) is 3.96. The van der Waals surface area contributed by atoms with Gasteiger partial charge in [-0.1, -0.05) is 6.07 Å². The van der Waals surface area contributed by atoms with E-state index in [0.29, 0.717) is 18.3 Å². The highest BCUT2D eigenvalue weighted by Crippen LogP contribution is 2.24. The molecule has 4 rings (SSSR count). The molecule has 31 heavy (non-hydrogen) atoms. The van der Waals surface area contributed by atoms with Crippen LogP contribution < -0.4 is 10.1 Å². The van der Waals surface area contributed by atoms with Crippen molar-refractivity contribution in [2.45, 2.75) is 19.0 Å². The second kappa shape index (κ2) is 11.6. The first-order valence-corrected chi connectivity index (χ1v) is 10.4. The molecule has 2 saturated heterocycles. The predicted octanol–water partition coefficient (Wildman–Crippen LogP) is 3.11. The number of likely N-dealkylation sites (tertiary alicyclic amines) is 1. The van der Waals surface area contributed by atoms with Crippen molar-refractivity contribution >= 4 is 29.9 Å². The molecule has 3 heterocycles. The van der Waals surface area contributed by atoms with Gasteiger partial charge in [0, 0.05) is 52.0 Å². The molecule has 0 amide bonds. The summed E-state index contributed by atoms with van der Waals surface area (Å²) in [6.07, 6.45) is 4.32. The summed E-state index contributed by atoms with van der Waals surface area (Å²) in [4.78, 5) is 13.2. The van der Waals surface area contributed by atoms with Gasteiger partial charge in [0.15, 0.2) is 17.5 Å². The Kier molecular flexibility index (Phi) is 8.85. The van der Waals surface area contributed by atoms with E-state index >= 15 is 0 Å². The third-order valence-corrected chi connectivity index (χ3v) is 5.55. The van der Waals surface area contributed by atoms with Crippen molar-refractivity contribution in [3.63, 3.8) is 0 Å². The molecule has 0 radical (unpaired) electrons. The van der Waals surface area contributed by atoms with E-state index in [4.69, 9.17) is 9.47 Å². The molecule has 1 unspecified atom stereocenters. The first kappa shape index (κ1) is 23.7. The summed E-state index contributed by atoms with van der Waals surface area (Å²) in [5.74, 6) is 1.14. The number of aromatic nitrogens is 1. The van der Waals surface area contributed by atoms with Crippen LogP contribution in [0, 0.1) is 5.82 Å². The number of halogens is 2. The number of pyridine rings is 1. The summed E-state index contributed by atoms with van der Waals surface area (Å²) < 4.78 is 25.5. The van der Waals surface area contributed by atoms with E-state index in [1.165, 1.54) is 6.07 Å². The first-order chi connectivity index (χ1) is 14.7. The lowest BCUT2D eigenvalue weighted by molar-refractivity contribution is 0.0195. The van der Waals surface area contributed by atoms with Gasteiger partial charge in [0.25, 0.3) is 0 Å². The van der Waals surface area contributed by atoms with Gasteiger partial charge in [0.1, 0.15) is 5.75 Å². The van der Waals surface area contributed by atoms with Crippen LogP contribution in [-0.2, 0) is 11.3 Å². The van der Waals surface area contributed by atoms with Crippen molar-refractivity contribution in [3.8, 4) is 11.5 Å².